The van der Waals surface area contributed by atoms with Crippen LogP contribution in [0.1, 0.15) is 85.5 Å². The third kappa shape index (κ3) is 10.3. The van der Waals surface area contributed by atoms with Crippen LogP contribution in [-0.2, 0) is 33.3 Å². The molecule has 0 aromatic carbocycles. The molecule has 15 heteroatoms. The minimum Gasteiger partial charge on any atom is -0.394 e. The summed E-state index contributed by atoms with van der Waals surface area (Å²) in [6, 6.07) is -0.996. The molecule has 4 aliphatic rings. The van der Waals surface area contributed by atoms with Crippen molar-refractivity contribution in [1.29, 1.82) is 0 Å². The Morgan fingerprint density at radius 1 is 0.939 bits per heavy atom. The zero-order valence-corrected chi connectivity index (χ0v) is 29.4. The third-order valence-corrected chi connectivity index (χ3v) is 10.7. The fraction of sp³-hybridized carbons (Fsp3) is 0.941. The molecule has 2 saturated heterocycles. The molecule has 2 saturated carbocycles. The number of hydrogen-bond acceptors (Lipinski definition) is 13. The highest BCUT2D eigenvalue weighted by Gasteiger charge is 2.52. The Balaban J connectivity index is 1.62. The summed E-state index contributed by atoms with van der Waals surface area (Å²) >= 11 is 0. The number of carbonyl (C=O) groups excluding carboxylic acids is 2. The highest BCUT2D eigenvalue weighted by Crippen LogP contribution is 2.40. The average Bonchev–Trinajstić information content (AvgIpc) is 3.08. The lowest BCUT2D eigenvalue weighted by molar-refractivity contribution is -0.338. The molecule has 0 aromatic heterocycles. The SMILES string of the molecule is CCC1CC(C(=O)NCCN)CC(OC2OC(CO)C(O)C(OC(C)CC3CCCCC3)C2NC(C)=O)C1OC1O[C@@H](C)C(O)C(O)C1O. The first-order valence-electron chi connectivity index (χ1n) is 18.2. The minimum absolute atomic E-state index is 0.156. The number of ether oxygens (including phenoxy) is 5. The lowest BCUT2D eigenvalue weighted by Crippen LogP contribution is -2.67. The van der Waals surface area contributed by atoms with Crippen LogP contribution in [0.5, 0.6) is 0 Å². The number of nitrogens with one attached hydrogen (secondary N) is 2. The second-order valence-corrected chi connectivity index (χ2v) is 14.5. The maximum absolute atomic E-state index is 13.3. The lowest BCUT2D eigenvalue weighted by Gasteiger charge is -2.49. The summed E-state index contributed by atoms with van der Waals surface area (Å²) in [6.45, 7) is 6.79. The number of carbonyl (C=O) groups is 2. The molecule has 284 valence electrons. The number of aliphatic hydroxyl groups excluding tert-OH is 5. The second kappa shape index (κ2) is 18.8. The van der Waals surface area contributed by atoms with Crippen LogP contribution in [0.25, 0.3) is 0 Å². The normalized spacial score (nSPS) is 41.2. The summed E-state index contributed by atoms with van der Waals surface area (Å²) in [5.41, 5.74) is 5.64. The largest absolute Gasteiger partial charge is 0.394 e. The van der Waals surface area contributed by atoms with Gasteiger partial charge in [0.2, 0.25) is 11.8 Å². The van der Waals surface area contributed by atoms with Crippen LogP contribution in [0.15, 0.2) is 0 Å². The standard InChI is InChI=1S/C34H61N3O12/c1-5-21-14-22(32(44)36-12-11-35)15-23(30(21)49-34-29(43)28(42)26(40)18(3)46-34)47-33-25(37-19(4)39)31(27(41)24(16-38)48-33)45-17(2)13-20-9-7-6-8-10-20/h17-18,20-31,33-34,38,40-43H,5-16,35H2,1-4H3,(H,36,44)(H,37,39)/t17?,18-,21?,22?,23?,24?,25?,26?,27?,28?,29?,30?,31?,33?,34?/m0/s1. The lowest BCUT2D eigenvalue weighted by atomic mass is 9.75. The Kier molecular flexibility index (Phi) is 15.5. The maximum atomic E-state index is 13.3. The Morgan fingerprint density at radius 2 is 1.65 bits per heavy atom. The van der Waals surface area contributed by atoms with E-state index in [9.17, 15) is 35.1 Å². The van der Waals surface area contributed by atoms with Gasteiger partial charge >= 0.3 is 0 Å². The fourth-order valence-electron chi connectivity index (χ4n) is 8.00. The molecule has 0 radical (unpaired) electrons. The van der Waals surface area contributed by atoms with Crippen LogP contribution < -0.4 is 16.4 Å². The van der Waals surface area contributed by atoms with Gasteiger partial charge in [-0.3, -0.25) is 9.59 Å². The van der Waals surface area contributed by atoms with Crippen molar-refractivity contribution in [3.8, 4) is 0 Å². The average molecular weight is 704 g/mol. The number of amides is 2. The number of rotatable bonds is 14. The van der Waals surface area contributed by atoms with Crippen molar-refractivity contribution in [3.05, 3.63) is 0 Å². The van der Waals surface area contributed by atoms with Gasteiger partial charge in [-0.05, 0) is 44.9 Å². The van der Waals surface area contributed by atoms with Crippen molar-refractivity contribution < 1.29 is 58.8 Å². The Hall–Kier alpha value is -1.50. The molecule has 9 N–H and O–H groups in total. The van der Waals surface area contributed by atoms with E-state index in [2.05, 4.69) is 10.6 Å². The van der Waals surface area contributed by atoms with E-state index in [-0.39, 0.29) is 30.9 Å². The van der Waals surface area contributed by atoms with E-state index < -0.39 is 92.0 Å². The highest BCUT2D eigenvalue weighted by molar-refractivity contribution is 5.78. The predicted molar refractivity (Wildman–Crippen MR) is 176 cm³/mol. The van der Waals surface area contributed by atoms with Crippen molar-refractivity contribution in [3.63, 3.8) is 0 Å². The smallest absolute Gasteiger partial charge is 0.223 e. The first-order valence-corrected chi connectivity index (χ1v) is 18.2. The summed E-state index contributed by atoms with van der Waals surface area (Å²) < 4.78 is 31.4. The summed E-state index contributed by atoms with van der Waals surface area (Å²) in [5.74, 6) is -0.913. The van der Waals surface area contributed by atoms with Crippen molar-refractivity contribution >= 4 is 11.8 Å². The molecule has 4 rings (SSSR count). The van der Waals surface area contributed by atoms with Crippen LogP contribution in [0.4, 0.5) is 0 Å². The Bertz CT molecular complexity index is 1040. The summed E-state index contributed by atoms with van der Waals surface area (Å²) in [5, 5.41) is 58.8. The molecule has 0 bridgehead atoms. The molecule has 4 fully saturated rings. The molecule has 2 aliphatic carbocycles. The van der Waals surface area contributed by atoms with Crippen molar-refractivity contribution in [1.82, 2.24) is 10.6 Å². The van der Waals surface area contributed by atoms with Gasteiger partial charge in [-0.25, -0.2) is 0 Å². The monoisotopic (exact) mass is 703 g/mol. The molecule has 2 heterocycles. The van der Waals surface area contributed by atoms with Gasteiger partial charge in [0.15, 0.2) is 12.6 Å². The van der Waals surface area contributed by atoms with Gasteiger partial charge in [0, 0.05) is 25.9 Å². The van der Waals surface area contributed by atoms with Gasteiger partial charge in [0.05, 0.1) is 31.0 Å². The molecule has 0 spiro atoms. The maximum Gasteiger partial charge on any atom is 0.223 e. The van der Waals surface area contributed by atoms with Crippen LogP contribution >= 0.6 is 0 Å². The van der Waals surface area contributed by atoms with Gasteiger partial charge in [0.25, 0.3) is 0 Å². The van der Waals surface area contributed by atoms with E-state index in [1.165, 1.54) is 26.2 Å². The second-order valence-electron chi connectivity index (χ2n) is 14.5. The molecule has 2 aliphatic heterocycles. The molecule has 2 amide bonds. The summed E-state index contributed by atoms with van der Waals surface area (Å²) in [7, 11) is 0. The van der Waals surface area contributed by atoms with E-state index in [0.29, 0.717) is 25.3 Å². The highest BCUT2D eigenvalue weighted by atomic mass is 16.7. The topological polar surface area (TPSA) is 232 Å². The number of aliphatic hydroxyl groups is 5. The fourth-order valence-corrected chi connectivity index (χ4v) is 8.00. The van der Waals surface area contributed by atoms with Crippen LogP contribution in [0.3, 0.4) is 0 Å². The molecule has 15 nitrogen and oxygen atoms in total. The van der Waals surface area contributed by atoms with Gasteiger partial charge in [-0.15, -0.1) is 0 Å². The third-order valence-electron chi connectivity index (χ3n) is 10.7. The molecule has 49 heavy (non-hydrogen) atoms. The molecular formula is C34H61N3O12. The van der Waals surface area contributed by atoms with E-state index in [1.54, 1.807) is 6.92 Å². The quantitative estimate of drug-likeness (QED) is 0.113. The van der Waals surface area contributed by atoms with Crippen LogP contribution in [0, 0.1) is 17.8 Å². The zero-order chi connectivity index (χ0) is 35.8. The van der Waals surface area contributed by atoms with E-state index in [4.69, 9.17) is 29.4 Å². The summed E-state index contributed by atoms with van der Waals surface area (Å²) in [4.78, 5) is 25.8. The number of hydrogen-bond donors (Lipinski definition) is 8. The molecule has 14 unspecified atom stereocenters. The molecular weight excluding hydrogens is 642 g/mol. The molecule has 15 atom stereocenters. The van der Waals surface area contributed by atoms with Crippen LogP contribution in [-0.4, -0.2) is 137 Å². The van der Waals surface area contributed by atoms with Gasteiger partial charge in [0.1, 0.15) is 42.7 Å². The van der Waals surface area contributed by atoms with E-state index in [1.807, 2.05) is 13.8 Å². The van der Waals surface area contributed by atoms with Crippen molar-refractivity contribution in [2.45, 2.75) is 165 Å². The van der Waals surface area contributed by atoms with Gasteiger partial charge in [-0.1, -0.05) is 45.4 Å². The first kappa shape index (κ1) is 40.3. The van der Waals surface area contributed by atoms with E-state index in [0.717, 1.165) is 19.3 Å². The predicted octanol–water partition coefficient (Wildman–Crippen LogP) is -0.578. The molecule has 0 aromatic rings. The first-order chi connectivity index (χ1) is 23.4. The van der Waals surface area contributed by atoms with Crippen molar-refractivity contribution in [2.24, 2.45) is 23.5 Å². The summed E-state index contributed by atoms with van der Waals surface area (Å²) in [6.07, 6.45) is -5.40. The van der Waals surface area contributed by atoms with Gasteiger partial charge in [-0.2, -0.15) is 0 Å². The van der Waals surface area contributed by atoms with Crippen molar-refractivity contribution in [2.75, 3.05) is 19.7 Å². The minimum atomic E-state index is -1.56. The number of nitrogens with two attached hydrogens (primary N) is 1. The van der Waals surface area contributed by atoms with E-state index >= 15 is 0 Å². The van der Waals surface area contributed by atoms with Gasteiger partial charge < -0.3 is 65.6 Å². The zero-order valence-electron chi connectivity index (χ0n) is 29.4. The Morgan fingerprint density at radius 3 is 2.29 bits per heavy atom. The van der Waals surface area contributed by atoms with Crippen LogP contribution in [0.2, 0.25) is 0 Å². The Labute approximate surface area is 289 Å².